The molecule has 1 saturated heterocycles. The van der Waals surface area contributed by atoms with E-state index in [2.05, 4.69) is 5.43 Å². The number of ketones is 1. The summed E-state index contributed by atoms with van der Waals surface area (Å²) in [6.45, 7) is 2.45. The van der Waals surface area contributed by atoms with Crippen LogP contribution in [-0.4, -0.2) is 47.4 Å². The van der Waals surface area contributed by atoms with E-state index >= 15 is 0 Å². The first-order chi connectivity index (χ1) is 7.72. The maximum absolute atomic E-state index is 11.6. The molecule has 0 radical (unpaired) electrons. The van der Waals surface area contributed by atoms with Crippen molar-refractivity contribution in [1.82, 2.24) is 10.4 Å². The minimum Gasteiger partial charge on any atom is -0.394 e. The molecule has 2 atom stereocenters. The highest BCUT2D eigenvalue weighted by atomic mass is 16.3. The summed E-state index contributed by atoms with van der Waals surface area (Å²) in [6, 6.07) is -0.732. The molecule has 0 aromatic heterocycles. The Morgan fingerprint density at radius 2 is 2.44 bits per heavy atom. The second kappa shape index (κ2) is 6.73. The highest BCUT2D eigenvalue weighted by Crippen LogP contribution is 2.13. The van der Waals surface area contributed by atoms with Crippen LogP contribution in [0.15, 0.2) is 0 Å². The lowest BCUT2D eigenvalue weighted by molar-refractivity contribution is -0.125. The summed E-state index contributed by atoms with van der Waals surface area (Å²) in [5, 5.41) is 10.9. The second-order valence-electron chi connectivity index (χ2n) is 4.12. The van der Waals surface area contributed by atoms with E-state index in [0.29, 0.717) is 6.42 Å². The Balaban J connectivity index is 2.48. The summed E-state index contributed by atoms with van der Waals surface area (Å²) in [4.78, 5) is 22.4. The molecule has 0 amide bonds. The molecule has 0 saturated carbocycles. The molecular weight excluding hydrogens is 208 g/mol. The van der Waals surface area contributed by atoms with E-state index in [4.69, 9.17) is 5.11 Å². The standard InChI is InChI=1S/C11H20N2O3/c1-2-4-11(16)10(8-15)12-13-6-3-5-9(13)7-14/h7,9-10,12,15H,2-6,8H2,1H3/t9-,10-/m0/s1. The Hall–Kier alpha value is -0.780. The molecule has 0 aromatic carbocycles. The van der Waals surface area contributed by atoms with Gasteiger partial charge in [0.15, 0.2) is 5.78 Å². The van der Waals surface area contributed by atoms with Crippen LogP contribution in [0.2, 0.25) is 0 Å². The summed E-state index contributed by atoms with van der Waals surface area (Å²) in [7, 11) is 0. The molecule has 0 aromatic rings. The number of aliphatic hydroxyl groups is 1. The fourth-order valence-corrected chi connectivity index (χ4v) is 1.93. The SMILES string of the molecule is CCCC(=O)[C@H](CO)NN1CCC[C@H]1C=O. The predicted octanol–water partition coefficient (Wildman–Crippen LogP) is -0.116. The maximum Gasteiger partial charge on any atom is 0.153 e. The average molecular weight is 228 g/mol. The van der Waals surface area contributed by atoms with Gasteiger partial charge in [0.2, 0.25) is 0 Å². The lowest BCUT2D eigenvalue weighted by Crippen LogP contribution is -2.52. The Labute approximate surface area is 95.8 Å². The minimum atomic E-state index is -0.569. The molecule has 1 rings (SSSR count). The number of hydrazine groups is 1. The van der Waals surface area contributed by atoms with Gasteiger partial charge in [-0.25, -0.2) is 10.4 Å². The highest BCUT2D eigenvalue weighted by Gasteiger charge is 2.27. The molecule has 0 bridgehead atoms. The quantitative estimate of drug-likeness (QED) is 0.595. The Bertz CT molecular complexity index is 245. The Kier molecular flexibility index (Phi) is 5.59. The molecule has 0 unspecified atom stereocenters. The molecule has 0 spiro atoms. The normalized spacial score (nSPS) is 23.2. The molecule has 5 nitrogen and oxygen atoms in total. The van der Waals surface area contributed by atoms with Gasteiger partial charge in [0.25, 0.3) is 0 Å². The van der Waals surface area contributed by atoms with Crippen molar-refractivity contribution in [3.8, 4) is 0 Å². The van der Waals surface area contributed by atoms with Crippen molar-refractivity contribution in [2.45, 2.75) is 44.7 Å². The molecule has 1 fully saturated rings. The van der Waals surface area contributed by atoms with Crippen LogP contribution in [0.1, 0.15) is 32.6 Å². The number of nitrogens with zero attached hydrogens (tertiary/aromatic N) is 1. The van der Waals surface area contributed by atoms with Crippen molar-refractivity contribution in [2.75, 3.05) is 13.2 Å². The zero-order valence-electron chi connectivity index (χ0n) is 9.69. The van der Waals surface area contributed by atoms with Gasteiger partial charge in [0.05, 0.1) is 12.6 Å². The molecular formula is C11H20N2O3. The third-order valence-corrected chi connectivity index (χ3v) is 2.85. The van der Waals surface area contributed by atoms with E-state index in [1.54, 1.807) is 5.01 Å². The number of aldehydes is 1. The number of carbonyl (C=O) groups excluding carboxylic acids is 2. The first kappa shape index (κ1) is 13.3. The van der Waals surface area contributed by atoms with E-state index in [1.165, 1.54) is 0 Å². The van der Waals surface area contributed by atoms with Crippen LogP contribution in [0.3, 0.4) is 0 Å². The number of Topliss-reactive ketones (excluding diaryl/α,β-unsaturated/α-hetero) is 1. The van der Waals surface area contributed by atoms with Gasteiger partial charge in [-0.3, -0.25) is 4.79 Å². The van der Waals surface area contributed by atoms with Crippen LogP contribution >= 0.6 is 0 Å². The van der Waals surface area contributed by atoms with Crippen LogP contribution < -0.4 is 5.43 Å². The molecule has 16 heavy (non-hydrogen) atoms. The zero-order chi connectivity index (χ0) is 12.0. The van der Waals surface area contributed by atoms with Gasteiger partial charge in [-0.15, -0.1) is 0 Å². The largest absolute Gasteiger partial charge is 0.394 e. The number of hydrogen-bond donors (Lipinski definition) is 2. The fraction of sp³-hybridized carbons (Fsp3) is 0.818. The Morgan fingerprint density at radius 3 is 3.00 bits per heavy atom. The van der Waals surface area contributed by atoms with E-state index in [0.717, 1.165) is 32.1 Å². The molecule has 1 heterocycles. The van der Waals surface area contributed by atoms with Gasteiger partial charge >= 0.3 is 0 Å². The summed E-state index contributed by atoms with van der Waals surface area (Å²) in [6.07, 6.45) is 3.87. The lowest BCUT2D eigenvalue weighted by Gasteiger charge is -2.26. The smallest absolute Gasteiger partial charge is 0.153 e. The first-order valence-electron chi connectivity index (χ1n) is 5.84. The molecule has 92 valence electrons. The van der Waals surface area contributed by atoms with Crippen molar-refractivity contribution in [3.63, 3.8) is 0 Å². The van der Waals surface area contributed by atoms with Crippen molar-refractivity contribution in [2.24, 2.45) is 0 Å². The molecule has 5 heteroatoms. The summed E-state index contributed by atoms with van der Waals surface area (Å²) >= 11 is 0. The fourth-order valence-electron chi connectivity index (χ4n) is 1.93. The first-order valence-corrected chi connectivity index (χ1v) is 5.84. The lowest BCUT2D eigenvalue weighted by atomic mass is 10.1. The van der Waals surface area contributed by atoms with Crippen molar-refractivity contribution >= 4 is 12.1 Å². The minimum absolute atomic E-state index is 0.00143. The predicted molar refractivity (Wildman–Crippen MR) is 59.7 cm³/mol. The number of nitrogens with one attached hydrogen (secondary N) is 1. The number of rotatable bonds is 7. The maximum atomic E-state index is 11.6. The van der Waals surface area contributed by atoms with E-state index < -0.39 is 6.04 Å². The molecule has 0 aliphatic carbocycles. The zero-order valence-corrected chi connectivity index (χ0v) is 9.69. The second-order valence-corrected chi connectivity index (χ2v) is 4.12. The number of hydrogen-bond acceptors (Lipinski definition) is 5. The summed E-state index contributed by atoms with van der Waals surface area (Å²) < 4.78 is 0. The topological polar surface area (TPSA) is 69.6 Å². The molecule has 2 N–H and O–H groups in total. The molecule has 1 aliphatic heterocycles. The van der Waals surface area contributed by atoms with E-state index in [-0.39, 0.29) is 18.4 Å². The summed E-state index contributed by atoms with van der Waals surface area (Å²) in [5.74, 6) is 0.00143. The number of aliphatic hydroxyl groups excluding tert-OH is 1. The van der Waals surface area contributed by atoms with Gasteiger partial charge in [0, 0.05) is 13.0 Å². The van der Waals surface area contributed by atoms with Crippen molar-refractivity contribution < 1.29 is 14.7 Å². The third kappa shape index (κ3) is 3.37. The molecule has 1 aliphatic rings. The monoisotopic (exact) mass is 228 g/mol. The van der Waals surface area contributed by atoms with Crippen LogP contribution in [0, 0.1) is 0 Å². The van der Waals surface area contributed by atoms with Crippen LogP contribution in [0.5, 0.6) is 0 Å². The van der Waals surface area contributed by atoms with Gasteiger partial charge in [-0.05, 0) is 19.3 Å². The van der Waals surface area contributed by atoms with Crippen LogP contribution in [-0.2, 0) is 9.59 Å². The van der Waals surface area contributed by atoms with E-state index in [9.17, 15) is 9.59 Å². The Morgan fingerprint density at radius 1 is 1.69 bits per heavy atom. The van der Waals surface area contributed by atoms with Gasteiger partial charge in [0.1, 0.15) is 12.3 Å². The number of carbonyl (C=O) groups is 2. The highest BCUT2D eigenvalue weighted by molar-refractivity contribution is 5.84. The van der Waals surface area contributed by atoms with Gasteiger partial charge in [-0.2, -0.15) is 0 Å². The van der Waals surface area contributed by atoms with Crippen LogP contribution in [0.25, 0.3) is 0 Å². The van der Waals surface area contributed by atoms with Crippen molar-refractivity contribution in [1.29, 1.82) is 0 Å². The van der Waals surface area contributed by atoms with E-state index in [1.807, 2.05) is 6.92 Å². The van der Waals surface area contributed by atoms with Gasteiger partial charge in [-0.1, -0.05) is 6.92 Å². The third-order valence-electron chi connectivity index (χ3n) is 2.85. The van der Waals surface area contributed by atoms with Crippen LogP contribution in [0.4, 0.5) is 0 Å². The van der Waals surface area contributed by atoms with Crippen molar-refractivity contribution in [3.05, 3.63) is 0 Å². The van der Waals surface area contributed by atoms with Gasteiger partial charge < -0.3 is 9.90 Å². The average Bonchev–Trinajstić information content (AvgIpc) is 2.73. The summed E-state index contributed by atoms with van der Waals surface area (Å²) in [5.41, 5.74) is 2.95.